The molecule has 0 aliphatic heterocycles. The lowest BCUT2D eigenvalue weighted by atomic mass is 9.70. The molecule has 0 atom stereocenters. The second kappa shape index (κ2) is 23.0. The summed E-state index contributed by atoms with van der Waals surface area (Å²) >= 11 is 19.9. The van der Waals surface area contributed by atoms with E-state index < -0.39 is 5.41 Å². The van der Waals surface area contributed by atoms with Gasteiger partial charge in [0.15, 0.2) is 0 Å². The topological polar surface area (TPSA) is 0 Å². The molecule has 368 valence electrons. The molecule has 0 aromatic heterocycles. The third kappa shape index (κ3) is 11.3. The number of allylic oxidation sites excluding steroid dienone is 6. The van der Waals surface area contributed by atoms with Crippen molar-refractivity contribution in [2.75, 3.05) is 0 Å². The molecule has 74 heavy (non-hydrogen) atoms. The van der Waals surface area contributed by atoms with Gasteiger partial charge in [-0.3, -0.25) is 0 Å². The standard InChI is InChI=1S/C70H64S4/c1-6-22-54(32-19-20-42-69(4,56-34-38-64(71)60(44-56)50-24-11-7-12-25-50)57-35-39-65(72)61(45-57)51-26-13-8-14-27-51)68(2,3)55-33-21-23-49(43-55)48-70(5,58-36-40-66(73)62(46-58)52-28-15-9-16-29-52)59-37-41-67(74)63(47-59)53-30-17-10-18-31-53/h6-41,43-47,71-74H,42,48H2,1-5H3/b20-19-,22-6-,54-32+. The molecule has 9 aromatic carbocycles. The first-order valence-corrected chi connectivity index (χ1v) is 27.2. The van der Waals surface area contributed by atoms with Crippen molar-refractivity contribution in [1.29, 1.82) is 0 Å². The van der Waals surface area contributed by atoms with Crippen LogP contribution in [-0.2, 0) is 22.7 Å². The van der Waals surface area contributed by atoms with Crippen LogP contribution in [0.3, 0.4) is 0 Å². The number of benzene rings is 9. The Hall–Kier alpha value is -6.40. The van der Waals surface area contributed by atoms with Gasteiger partial charge in [-0.05, 0) is 152 Å². The molecule has 0 radical (unpaired) electrons. The van der Waals surface area contributed by atoms with Gasteiger partial charge in [0.2, 0.25) is 0 Å². The molecule has 0 N–H and O–H groups in total. The molecule has 0 amide bonds. The van der Waals surface area contributed by atoms with Crippen LogP contribution in [0.4, 0.5) is 0 Å². The van der Waals surface area contributed by atoms with E-state index in [0.717, 1.165) is 76.9 Å². The van der Waals surface area contributed by atoms with Crippen LogP contribution in [0.2, 0.25) is 0 Å². The molecular formula is C70H64S4. The Bertz CT molecular complexity index is 3300. The lowest BCUT2D eigenvalue weighted by Crippen LogP contribution is -2.27. The Morgan fingerprint density at radius 3 is 1.12 bits per heavy atom. The molecule has 0 heterocycles. The van der Waals surface area contributed by atoms with E-state index in [9.17, 15) is 0 Å². The molecule has 9 aromatic rings. The molecule has 0 saturated carbocycles. The van der Waals surface area contributed by atoms with Crippen LogP contribution >= 0.6 is 50.5 Å². The second-order valence-electron chi connectivity index (χ2n) is 20.3. The molecule has 0 spiro atoms. The van der Waals surface area contributed by atoms with Gasteiger partial charge in [-0.1, -0.05) is 228 Å². The Morgan fingerprint density at radius 2 is 0.757 bits per heavy atom. The Balaban J connectivity index is 1.08. The van der Waals surface area contributed by atoms with Crippen LogP contribution in [0.25, 0.3) is 44.5 Å². The first-order valence-electron chi connectivity index (χ1n) is 25.4. The molecule has 0 aliphatic rings. The number of hydrogen-bond donors (Lipinski definition) is 4. The van der Waals surface area contributed by atoms with Gasteiger partial charge < -0.3 is 0 Å². The van der Waals surface area contributed by atoms with Gasteiger partial charge in [0.1, 0.15) is 0 Å². The van der Waals surface area contributed by atoms with Crippen LogP contribution in [0.15, 0.2) is 274 Å². The minimum atomic E-state index is -0.416. The van der Waals surface area contributed by atoms with Crippen molar-refractivity contribution in [3.63, 3.8) is 0 Å². The fraction of sp³-hybridized carbons (Fsp3) is 0.143. The van der Waals surface area contributed by atoms with Gasteiger partial charge in [-0.25, -0.2) is 0 Å². The van der Waals surface area contributed by atoms with E-state index in [4.69, 9.17) is 50.5 Å². The zero-order valence-electron chi connectivity index (χ0n) is 42.9. The average molecular weight is 1030 g/mol. The van der Waals surface area contributed by atoms with Gasteiger partial charge in [0.05, 0.1) is 0 Å². The molecule has 0 aliphatic carbocycles. The van der Waals surface area contributed by atoms with Gasteiger partial charge >= 0.3 is 0 Å². The van der Waals surface area contributed by atoms with E-state index in [1.165, 1.54) is 39.0 Å². The van der Waals surface area contributed by atoms with E-state index in [0.29, 0.717) is 0 Å². The van der Waals surface area contributed by atoms with Crippen LogP contribution in [0.5, 0.6) is 0 Å². The van der Waals surface area contributed by atoms with Crippen molar-refractivity contribution >= 4 is 50.5 Å². The second-order valence-corrected chi connectivity index (χ2v) is 22.2. The van der Waals surface area contributed by atoms with Gasteiger partial charge in [-0.15, -0.1) is 50.5 Å². The van der Waals surface area contributed by atoms with E-state index in [1.807, 2.05) is 0 Å². The summed E-state index contributed by atoms with van der Waals surface area (Å²) in [6.45, 7) is 11.6. The summed E-state index contributed by atoms with van der Waals surface area (Å²) in [7, 11) is 0. The molecule has 0 nitrogen and oxygen atoms in total. The maximum Gasteiger partial charge on any atom is 0.0215 e. The average Bonchev–Trinajstić information content (AvgIpc) is 3.43. The predicted molar refractivity (Wildman–Crippen MR) is 329 cm³/mol. The number of hydrogen-bond acceptors (Lipinski definition) is 4. The minimum Gasteiger partial charge on any atom is -0.143 e. The first-order chi connectivity index (χ1) is 35.8. The molecule has 4 heteroatoms. The fourth-order valence-corrected chi connectivity index (χ4v) is 11.5. The van der Waals surface area contributed by atoms with Crippen molar-refractivity contribution in [3.05, 3.63) is 288 Å². The summed E-state index contributed by atoms with van der Waals surface area (Å²) in [5, 5.41) is 0. The van der Waals surface area contributed by atoms with Crippen LogP contribution in [0.1, 0.15) is 74.4 Å². The molecule has 0 unspecified atom stereocenters. The highest BCUT2D eigenvalue weighted by Gasteiger charge is 2.33. The normalized spacial score (nSPS) is 12.5. The van der Waals surface area contributed by atoms with E-state index in [1.54, 1.807) is 0 Å². The van der Waals surface area contributed by atoms with E-state index in [-0.39, 0.29) is 10.8 Å². The quantitative estimate of drug-likeness (QED) is 0.0538. The highest BCUT2D eigenvalue weighted by molar-refractivity contribution is 7.81. The molecular weight excluding hydrogens is 969 g/mol. The summed E-state index contributed by atoms with van der Waals surface area (Å²) in [5.74, 6) is 0. The van der Waals surface area contributed by atoms with E-state index >= 15 is 0 Å². The monoisotopic (exact) mass is 1030 g/mol. The Morgan fingerprint density at radius 1 is 0.392 bits per heavy atom. The summed E-state index contributed by atoms with van der Waals surface area (Å²) in [4.78, 5) is 3.82. The Labute approximate surface area is 462 Å². The largest absolute Gasteiger partial charge is 0.143 e. The molecule has 0 fully saturated rings. The minimum absolute atomic E-state index is 0.325. The molecule has 9 rings (SSSR count). The Kier molecular flexibility index (Phi) is 16.3. The van der Waals surface area contributed by atoms with Gasteiger partial charge in [-0.2, -0.15) is 0 Å². The smallest absolute Gasteiger partial charge is 0.0215 e. The summed E-state index contributed by atoms with van der Waals surface area (Å²) < 4.78 is 0. The van der Waals surface area contributed by atoms with Crippen molar-refractivity contribution in [2.24, 2.45) is 0 Å². The summed E-state index contributed by atoms with van der Waals surface area (Å²) in [6, 6.07) is 78.6. The summed E-state index contributed by atoms with van der Waals surface area (Å²) in [5.41, 5.74) is 16.6. The zero-order chi connectivity index (χ0) is 51.9. The van der Waals surface area contributed by atoms with Crippen LogP contribution < -0.4 is 0 Å². The third-order valence-electron chi connectivity index (χ3n) is 15.1. The number of rotatable bonds is 16. The highest BCUT2D eigenvalue weighted by atomic mass is 32.1. The third-order valence-corrected chi connectivity index (χ3v) is 16.6. The molecule has 0 bridgehead atoms. The highest BCUT2D eigenvalue weighted by Crippen LogP contribution is 2.45. The van der Waals surface area contributed by atoms with E-state index in [2.05, 4.69) is 283 Å². The molecule has 0 saturated heterocycles. The zero-order valence-corrected chi connectivity index (χ0v) is 46.5. The first kappa shape index (κ1) is 52.5. The van der Waals surface area contributed by atoms with Crippen molar-refractivity contribution < 1.29 is 0 Å². The maximum absolute atomic E-state index is 4.98. The van der Waals surface area contributed by atoms with Gasteiger partial charge in [0, 0.05) is 35.8 Å². The lowest BCUT2D eigenvalue weighted by Gasteiger charge is -2.34. The lowest BCUT2D eigenvalue weighted by molar-refractivity contribution is 0.564. The maximum atomic E-state index is 4.98. The van der Waals surface area contributed by atoms with Crippen molar-refractivity contribution in [3.8, 4) is 44.5 Å². The predicted octanol–water partition coefficient (Wildman–Crippen LogP) is 19.8. The number of thiol groups is 4. The van der Waals surface area contributed by atoms with Crippen LogP contribution in [0, 0.1) is 0 Å². The van der Waals surface area contributed by atoms with Crippen molar-refractivity contribution in [2.45, 2.75) is 83.3 Å². The summed E-state index contributed by atoms with van der Waals surface area (Å²) in [6.07, 6.45) is 12.9. The fourth-order valence-electron chi connectivity index (χ4n) is 10.5. The SMILES string of the molecule is C\C=C/C(=C\C=C/CC(C)(c1ccc(S)c(-c2ccccc2)c1)c1ccc(S)c(-c2ccccc2)c1)C(C)(C)c1cccc(CC(C)(c2ccc(S)c(-c3ccccc3)c2)c2ccc(S)c(-c3ccccc3)c2)c1. The van der Waals surface area contributed by atoms with Crippen molar-refractivity contribution in [1.82, 2.24) is 0 Å². The van der Waals surface area contributed by atoms with Gasteiger partial charge in [0.25, 0.3) is 0 Å². The van der Waals surface area contributed by atoms with Crippen LogP contribution in [-0.4, -0.2) is 0 Å².